The normalized spacial score (nSPS) is 11.3. The van der Waals surface area contributed by atoms with Crippen LogP contribution in [0.15, 0.2) is 0 Å². The van der Waals surface area contributed by atoms with Crippen LogP contribution in [0.2, 0.25) is 5.28 Å². The number of ether oxygens (including phenoxy) is 1. The summed E-state index contributed by atoms with van der Waals surface area (Å²) in [6.45, 7) is 2.04. The van der Waals surface area contributed by atoms with Gasteiger partial charge in [0.15, 0.2) is 0 Å². The lowest BCUT2D eigenvalue weighted by atomic mass is 10.3. The van der Waals surface area contributed by atoms with Crippen LogP contribution in [-0.2, 0) is 17.7 Å². The molecule has 1 rings (SSSR count). The first kappa shape index (κ1) is 13.3. The van der Waals surface area contributed by atoms with E-state index in [1.54, 1.807) is 4.57 Å². The first-order valence-corrected chi connectivity index (χ1v) is 5.46. The molecule has 16 heavy (non-hydrogen) atoms. The van der Waals surface area contributed by atoms with Crippen LogP contribution >= 0.6 is 11.6 Å². The largest absolute Gasteiger partial charge is 0.374 e. The molecule has 0 aromatic carbocycles. The molecule has 0 radical (unpaired) electrons. The Kier molecular flexibility index (Phi) is 5.62. The summed E-state index contributed by atoms with van der Waals surface area (Å²) in [6.07, 6.45) is -0.756. The lowest BCUT2D eigenvalue weighted by Gasteiger charge is -2.07. The van der Waals surface area contributed by atoms with Crippen molar-refractivity contribution < 1.29 is 13.5 Å². The number of halogens is 3. The van der Waals surface area contributed by atoms with Crippen molar-refractivity contribution in [1.29, 1.82) is 0 Å². The van der Waals surface area contributed by atoms with Gasteiger partial charge in [-0.15, -0.1) is 10.2 Å². The molecule has 92 valence electrons. The molecule has 0 N–H and O–H groups in total. The molecule has 0 saturated carbocycles. The van der Waals surface area contributed by atoms with E-state index in [1.807, 2.05) is 6.92 Å². The minimum Gasteiger partial charge on any atom is -0.374 e. The standard InChI is InChI=1S/C9H14ClF2N3O/c1-2-3-8-13-14-9(10)15(8)4-5-16-6-7(11)12/h7H,2-6H2,1H3. The van der Waals surface area contributed by atoms with E-state index in [0.717, 1.165) is 18.7 Å². The molecule has 4 nitrogen and oxygen atoms in total. The average Bonchev–Trinajstić information content (AvgIpc) is 2.56. The molecule has 0 aliphatic rings. The molecule has 0 unspecified atom stereocenters. The number of nitrogens with zero attached hydrogens (tertiary/aromatic N) is 3. The first-order valence-electron chi connectivity index (χ1n) is 5.08. The van der Waals surface area contributed by atoms with Gasteiger partial charge in [0.25, 0.3) is 6.43 Å². The highest BCUT2D eigenvalue weighted by Crippen LogP contribution is 2.09. The summed E-state index contributed by atoms with van der Waals surface area (Å²) in [5.74, 6) is 0.758. The van der Waals surface area contributed by atoms with Crippen LogP contribution in [0.25, 0.3) is 0 Å². The van der Waals surface area contributed by atoms with Crippen LogP contribution in [0, 0.1) is 0 Å². The van der Waals surface area contributed by atoms with Gasteiger partial charge in [-0.05, 0) is 18.0 Å². The van der Waals surface area contributed by atoms with E-state index in [4.69, 9.17) is 16.3 Å². The van der Waals surface area contributed by atoms with E-state index in [9.17, 15) is 8.78 Å². The van der Waals surface area contributed by atoms with Gasteiger partial charge in [0.2, 0.25) is 5.28 Å². The quantitative estimate of drug-likeness (QED) is 0.699. The SMILES string of the molecule is CCCc1nnc(Cl)n1CCOCC(F)F. The zero-order valence-electron chi connectivity index (χ0n) is 9.00. The van der Waals surface area contributed by atoms with Crippen molar-refractivity contribution in [3.8, 4) is 0 Å². The minimum absolute atomic E-state index is 0.179. The van der Waals surface area contributed by atoms with Gasteiger partial charge in [-0.3, -0.25) is 4.57 Å². The maximum Gasteiger partial charge on any atom is 0.261 e. The Morgan fingerprint density at radius 3 is 2.81 bits per heavy atom. The number of hydrogen-bond donors (Lipinski definition) is 0. The van der Waals surface area contributed by atoms with Crippen molar-refractivity contribution in [2.45, 2.75) is 32.7 Å². The fourth-order valence-electron chi connectivity index (χ4n) is 1.27. The second kappa shape index (κ2) is 6.75. The molecule has 0 atom stereocenters. The van der Waals surface area contributed by atoms with E-state index in [-0.39, 0.29) is 11.9 Å². The fourth-order valence-corrected chi connectivity index (χ4v) is 1.49. The van der Waals surface area contributed by atoms with Gasteiger partial charge in [0, 0.05) is 6.42 Å². The molecule has 0 bridgehead atoms. The predicted octanol–water partition coefficient (Wildman–Crippen LogP) is 2.17. The summed E-state index contributed by atoms with van der Waals surface area (Å²) < 4.78 is 30.0. The maximum atomic E-state index is 11.8. The van der Waals surface area contributed by atoms with Gasteiger partial charge in [0.1, 0.15) is 12.4 Å². The van der Waals surface area contributed by atoms with Gasteiger partial charge in [0.05, 0.1) is 13.2 Å². The van der Waals surface area contributed by atoms with Crippen molar-refractivity contribution in [3.05, 3.63) is 11.1 Å². The van der Waals surface area contributed by atoms with Crippen LogP contribution in [0.3, 0.4) is 0 Å². The Balaban J connectivity index is 2.42. The number of aromatic nitrogens is 3. The molecule has 7 heteroatoms. The molecular formula is C9H14ClF2N3O. The monoisotopic (exact) mass is 253 g/mol. The molecule has 1 aromatic heterocycles. The van der Waals surface area contributed by atoms with Crippen molar-refractivity contribution in [2.75, 3.05) is 13.2 Å². The van der Waals surface area contributed by atoms with Gasteiger partial charge in [-0.1, -0.05) is 6.92 Å². The molecule has 0 saturated heterocycles. The van der Waals surface area contributed by atoms with Gasteiger partial charge in [-0.2, -0.15) is 0 Å². The smallest absolute Gasteiger partial charge is 0.261 e. The molecule has 0 spiro atoms. The molecular weight excluding hydrogens is 240 g/mol. The number of hydrogen-bond acceptors (Lipinski definition) is 3. The zero-order chi connectivity index (χ0) is 12.0. The molecule has 0 aliphatic carbocycles. The second-order valence-electron chi connectivity index (χ2n) is 3.25. The van der Waals surface area contributed by atoms with Crippen LogP contribution < -0.4 is 0 Å². The lowest BCUT2D eigenvalue weighted by molar-refractivity contribution is 0.0146. The third-order valence-corrected chi connectivity index (χ3v) is 2.24. The Morgan fingerprint density at radius 1 is 1.44 bits per heavy atom. The highest BCUT2D eigenvalue weighted by Gasteiger charge is 2.09. The number of alkyl halides is 2. The Morgan fingerprint density at radius 2 is 2.19 bits per heavy atom. The topological polar surface area (TPSA) is 39.9 Å². The maximum absolute atomic E-state index is 11.8. The second-order valence-corrected chi connectivity index (χ2v) is 3.59. The summed E-state index contributed by atoms with van der Waals surface area (Å²) in [4.78, 5) is 0. The van der Waals surface area contributed by atoms with Crippen molar-refractivity contribution in [1.82, 2.24) is 14.8 Å². The van der Waals surface area contributed by atoms with Gasteiger partial charge in [-0.25, -0.2) is 8.78 Å². The van der Waals surface area contributed by atoms with Gasteiger partial charge >= 0.3 is 0 Å². The number of aryl methyl sites for hydroxylation is 1. The van der Waals surface area contributed by atoms with Crippen LogP contribution in [0.4, 0.5) is 8.78 Å². The summed E-state index contributed by atoms with van der Waals surface area (Å²) in [7, 11) is 0. The van der Waals surface area contributed by atoms with Gasteiger partial charge < -0.3 is 4.74 Å². The Bertz CT molecular complexity index is 320. The van der Waals surface area contributed by atoms with E-state index in [1.165, 1.54) is 0 Å². The van der Waals surface area contributed by atoms with Crippen molar-refractivity contribution >= 4 is 11.6 Å². The van der Waals surface area contributed by atoms with E-state index in [2.05, 4.69) is 10.2 Å². The summed E-state index contributed by atoms with van der Waals surface area (Å²) >= 11 is 5.81. The van der Waals surface area contributed by atoms with E-state index < -0.39 is 13.0 Å². The third-order valence-electron chi connectivity index (χ3n) is 1.96. The average molecular weight is 254 g/mol. The fraction of sp³-hybridized carbons (Fsp3) is 0.778. The molecule has 0 aliphatic heterocycles. The first-order chi connectivity index (χ1) is 7.65. The minimum atomic E-state index is -2.44. The molecule has 0 amide bonds. The molecule has 1 heterocycles. The molecule has 1 aromatic rings. The van der Waals surface area contributed by atoms with Crippen molar-refractivity contribution in [3.63, 3.8) is 0 Å². The van der Waals surface area contributed by atoms with E-state index in [0.29, 0.717) is 6.54 Å². The highest BCUT2D eigenvalue weighted by molar-refractivity contribution is 6.28. The third kappa shape index (κ3) is 4.02. The zero-order valence-corrected chi connectivity index (χ0v) is 9.75. The van der Waals surface area contributed by atoms with Crippen LogP contribution in [-0.4, -0.2) is 34.4 Å². The Hall–Kier alpha value is -0.750. The van der Waals surface area contributed by atoms with Crippen LogP contribution in [0.1, 0.15) is 19.2 Å². The van der Waals surface area contributed by atoms with Crippen molar-refractivity contribution in [2.24, 2.45) is 0 Å². The molecule has 0 fully saturated rings. The Labute approximate surface area is 97.6 Å². The van der Waals surface area contributed by atoms with E-state index >= 15 is 0 Å². The summed E-state index contributed by atoms with van der Waals surface area (Å²) in [5, 5.41) is 7.89. The lowest BCUT2D eigenvalue weighted by Crippen LogP contribution is -2.12. The summed E-state index contributed by atoms with van der Waals surface area (Å²) in [5.41, 5.74) is 0. The highest BCUT2D eigenvalue weighted by atomic mass is 35.5. The number of rotatable bonds is 7. The van der Waals surface area contributed by atoms with Crippen LogP contribution in [0.5, 0.6) is 0 Å². The summed E-state index contributed by atoms with van der Waals surface area (Å²) in [6, 6.07) is 0. The predicted molar refractivity (Wildman–Crippen MR) is 55.9 cm³/mol.